The lowest BCUT2D eigenvalue weighted by Gasteiger charge is -2.06. The highest BCUT2D eigenvalue weighted by atomic mass is 79.9. The molecule has 2 aromatic heterocycles. The summed E-state index contributed by atoms with van der Waals surface area (Å²) in [5.74, 6) is 0.940. The summed E-state index contributed by atoms with van der Waals surface area (Å²) in [6, 6.07) is 3.47. The predicted molar refractivity (Wildman–Crippen MR) is 73.1 cm³/mol. The molecule has 0 bridgehead atoms. The number of halogens is 1. The van der Waals surface area contributed by atoms with Crippen LogP contribution in [-0.4, -0.2) is 29.2 Å². The van der Waals surface area contributed by atoms with E-state index in [0.717, 1.165) is 0 Å². The summed E-state index contributed by atoms with van der Waals surface area (Å²) in [7, 11) is 3.09. The Bertz CT molecular complexity index is 625. The third-order valence-electron chi connectivity index (χ3n) is 2.43. The van der Waals surface area contributed by atoms with Crippen molar-refractivity contribution >= 4 is 15.9 Å². The molecule has 0 unspecified atom stereocenters. The summed E-state index contributed by atoms with van der Waals surface area (Å²) in [4.78, 5) is 22.9. The Morgan fingerprint density at radius 2 is 2.16 bits per heavy atom. The van der Waals surface area contributed by atoms with E-state index < -0.39 is 0 Å². The number of nitrogens with zero attached hydrogens (tertiary/aromatic N) is 2. The smallest absolute Gasteiger partial charge is 0.265 e. The summed E-state index contributed by atoms with van der Waals surface area (Å²) in [5.41, 5.74) is 0.979. The number of aromatic amines is 1. The van der Waals surface area contributed by atoms with Crippen LogP contribution in [0, 0.1) is 0 Å². The monoisotopic (exact) mass is 325 g/mol. The van der Waals surface area contributed by atoms with Gasteiger partial charge in [0.05, 0.1) is 19.4 Å². The first-order valence-corrected chi connectivity index (χ1v) is 6.23. The Morgan fingerprint density at radius 3 is 2.74 bits per heavy atom. The molecule has 0 amide bonds. The van der Waals surface area contributed by atoms with Crippen molar-refractivity contribution in [1.29, 1.82) is 0 Å². The lowest BCUT2D eigenvalue weighted by molar-refractivity contribution is 0.180. The van der Waals surface area contributed by atoms with Crippen molar-refractivity contribution < 1.29 is 9.47 Å². The molecule has 7 heteroatoms. The van der Waals surface area contributed by atoms with E-state index in [0.29, 0.717) is 27.4 Å². The average Bonchev–Trinajstić information content (AvgIpc) is 2.44. The molecule has 6 nitrogen and oxygen atoms in total. The third kappa shape index (κ3) is 2.99. The Morgan fingerprint density at radius 1 is 1.37 bits per heavy atom. The molecule has 0 atom stereocenters. The largest absolute Gasteiger partial charge is 0.481 e. The molecule has 0 radical (unpaired) electrons. The SMILES string of the molecule is COCc1nc(-c2ccc(OC)nc2)[nH]c(=O)c1Br. The number of pyridine rings is 1. The van der Waals surface area contributed by atoms with Crippen molar-refractivity contribution in [3.05, 3.63) is 38.9 Å². The van der Waals surface area contributed by atoms with Gasteiger partial charge in [0.15, 0.2) is 0 Å². The Kier molecular flexibility index (Phi) is 4.28. The van der Waals surface area contributed by atoms with Crippen LogP contribution in [0.2, 0.25) is 0 Å². The van der Waals surface area contributed by atoms with Gasteiger partial charge in [0.1, 0.15) is 10.3 Å². The predicted octanol–water partition coefficient (Wildman–Crippen LogP) is 1.75. The second-order valence-corrected chi connectivity index (χ2v) is 4.49. The maximum atomic E-state index is 11.8. The molecule has 0 saturated carbocycles. The maximum Gasteiger partial charge on any atom is 0.265 e. The summed E-state index contributed by atoms with van der Waals surface area (Å²) >= 11 is 3.19. The summed E-state index contributed by atoms with van der Waals surface area (Å²) in [6.07, 6.45) is 1.58. The first kappa shape index (κ1) is 13.7. The zero-order valence-corrected chi connectivity index (χ0v) is 12.0. The van der Waals surface area contributed by atoms with Crippen molar-refractivity contribution in [2.75, 3.05) is 14.2 Å². The average molecular weight is 326 g/mol. The Balaban J connectivity index is 2.46. The third-order valence-corrected chi connectivity index (χ3v) is 3.25. The van der Waals surface area contributed by atoms with E-state index in [4.69, 9.17) is 9.47 Å². The second-order valence-electron chi connectivity index (χ2n) is 3.70. The van der Waals surface area contributed by atoms with Gasteiger partial charge in [0, 0.05) is 24.9 Å². The molecule has 0 aliphatic carbocycles. The van der Waals surface area contributed by atoms with Crippen LogP contribution in [0.25, 0.3) is 11.4 Å². The molecular formula is C12H12BrN3O3. The highest BCUT2D eigenvalue weighted by Crippen LogP contribution is 2.18. The first-order valence-electron chi connectivity index (χ1n) is 5.43. The minimum absolute atomic E-state index is 0.251. The van der Waals surface area contributed by atoms with Gasteiger partial charge in [-0.3, -0.25) is 4.79 Å². The lowest BCUT2D eigenvalue weighted by Crippen LogP contribution is -2.14. The number of methoxy groups -OCH3 is 2. The summed E-state index contributed by atoms with van der Waals surface area (Å²) in [5, 5.41) is 0. The fourth-order valence-corrected chi connectivity index (χ4v) is 1.82. The molecule has 100 valence electrons. The molecule has 0 fully saturated rings. The van der Waals surface area contributed by atoms with Crippen molar-refractivity contribution in [2.24, 2.45) is 0 Å². The van der Waals surface area contributed by atoms with Crippen LogP contribution in [0.4, 0.5) is 0 Å². The molecular weight excluding hydrogens is 314 g/mol. The summed E-state index contributed by atoms with van der Waals surface area (Å²) < 4.78 is 10.4. The first-order chi connectivity index (χ1) is 9.15. The minimum atomic E-state index is -0.257. The Hall–Kier alpha value is -1.73. The highest BCUT2D eigenvalue weighted by Gasteiger charge is 2.10. The molecule has 19 heavy (non-hydrogen) atoms. The normalized spacial score (nSPS) is 10.5. The van der Waals surface area contributed by atoms with Crippen LogP contribution >= 0.6 is 15.9 Å². The number of nitrogens with one attached hydrogen (secondary N) is 1. The quantitative estimate of drug-likeness (QED) is 0.926. The van der Waals surface area contributed by atoms with E-state index in [-0.39, 0.29) is 12.2 Å². The second kappa shape index (κ2) is 5.94. The fourth-order valence-electron chi connectivity index (χ4n) is 1.52. The van der Waals surface area contributed by atoms with Gasteiger partial charge in [-0.1, -0.05) is 0 Å². The van der Waals surface area contributed by atoms with Gasteiger partial charge in [-0.15, -0.1) is 0 Å². The number of H-pyrrole nitrogens is 1. The molecule has 0 aromatic carbocycles. The van der Waals surface area contributed by atoms with Crippen molar-refractivity contribution in [2.45, 2.75) is 6.61 Å². The molecule has 2 rings (SSSR count). The number of rotatable bonds is 4. The molecule has 0 saturated heterocycles. The molecule has 2 heterocycles. The van der Waals surface area contributed by atoms with Crippen LogP contribution in [0.15, 0.2) is 27.6 Å². The minimum Gasteiger partial charge on any atom is -0.481 e. The van der Waals surface area contributed by atoms with E-state index in [1.807, 2.05) is 0 Å². The van der Waals surface area contributed by atoms with Gasteiger partial charge in [-0.25, -0.2) is 9.97 Å². The van der Waals surface area contributed by atoms with Gasteiger partial charge >= 0.3 is 0 Å². The van der Waals surface area contributed by atoms with Crippen LogP contribution in [-0.2, 0) is 11.3 Å². The number of aromatic nitrogens is 3. The molecule has 1 N–H and O–H groups in total. The van der Waals surface area contributed by atoms with E-state index >= 15 is 0 Å². The maximum absolute atomic E-state index is 11.8. The number of ether oxygens (including phenoxy) is 2. The molecule has 0 aliphatic rings. The fraction of sp³-hybridized carbons (Fsp3) is 0.250. The topological polar surface area (TPSA) is 77.1 Å². The van der Waals surface area contributed by atoms with Gasteiger partial charge in [-0.2, -0.15) is 0 Å². The lowest BCUT2D eigenvalue weighted by atomic mass is 10.2. The zero-order valence-electron chi connectivity index (χ0n) is 10.4. The standard InChI is InChI=1S/C12H12BrN3O3/c1-18-6-8-10(13)12(17)16-11(15-8)7-3-4-9(19-2)14-5-7/h3-5H,6H2,1-2H3,(H,15,16,17). The van der Waals surface area contributed by atoms with Gasteiger partial charge in [0.25, 0.3) is 5.56 Å². The van der Waals surface area contributed by atoms with E-state index in [2.05, 4.69) is 30.9 Å². The van der Waals surface area contributed by atoms with Crippen molar-refractivity contribution in [1.82, 2.24) is 15.0 Å². The van der Waals surface area contributed by atoms with Crippen molar-refractivity contribution in [3.63, 3.8) is 0 Å². The van der Waals surface area contributed by atoms with E-state index in [1.54, 1.807) is 32.5 Å². The van der Waals surface area contributed by atoms with Gasteiger partial charge < -0.3 is 14.5 Å². The van der Waals surface area contributed by atoms with Crippen LogP contribution < -0.4 is 10.3 Å². The highest BCUT2D eigenvalue weighted by molar-refractivity contribution is 9.10. The van der Waals surface area contributed by atoms with Gasteiger partial charge in [-0.05, 0) is 22.0 Å². The molecule has 2 aromatic rings. The number of hydrogen-bond donors (Lipinski definition) is 1. The molecule has 0 spiro atoms. The number of hydrogen-bond acceptors (Lipinski definition) is 5. The summed E-state index contributed by atoms with van der Waals surface area (Å²) in [6.45, 7) is 0.251. The van der Waals surface area contributed by atoms with E-state index in [1.165, 1.54) is 0 Å². The zero-order chi connectivity index (χ0) is 13.8. The molecule has 0 aliphatic heterocycles. The van der Waals surface area contributed by atoms with Crippen LogP contribution in [0.5, 0.6) is 5.88 Å². The Labute approximate surface area is 117 Å². The van der Waals surface area contributed by atoms with Crippen molar-refractivity contribution in [3.8, 4) is 17.3 Å². The van der Waals surface area contributed by atoms with Crippen LogP contribution in [0.3, 0.4) is 0 Å². The van der Waals surface area contributed by atoms with E-state index in [9.17, 15) is 4.79 Å². The van der Waals surface area contributed by atoms with Crippen LogP contribution in [0.1, 0.15) is 5.69 Å². The van der Waals surface area contributed by atoms with Gasteiger partial charge in [0.2, 0.25) is 5.88 Å².